The smallest absolute Gasteiger partial charge is 0.119 e. The predicted molar refractivity (Wildman–Crippen MR) is 71.9 cm³/mol. The average Bonchev–Trinajstić information content (AvgIpc) is 2.39. The second-order valence-corrected chi connectivity index (χ2v) is 4.03. The van der Waals surface area contributed by atoms with E-state index in [1.165, 1.54) is 5.56 Å². The van der Waals surface area contributed by atoms with Crippen molar-refractivity contribution >= 4 is 0 Å². The molecule has 0 aliphatic rings. The second kappa shape index (κ2) is 8.91. The molecule has 0 aliphatic heterocycles. The normalized spacial score (nSPS) is 12.4. The van der Waals surface area contributed by atoms with Crippen LogP contribution in [0.3, 0.4) is 0 Å². The molecular weight excluding hydrogens is 230 g/mol. The molecule has 2 N–H and O–H groups in total. The molecule has 0 radical (unpaired) electrons. The third-order valence-electron chi connectivity index (χ3n) is 2.62. The van der Waals surface area contributed by atoms with Crippen LogP contribution in [-0.4, -0.2) is 38.1 Å². The molecule has 1 aromatic rings. The molecule has 0 aliphatic carbocycles. The molecule has 0 saturated carbocycles. The van der Waals surface area contributed by atoms with Gasteiger partial charge in [0.25, 0.3) is 0 Å². The molecule has 0 heterocycles. The van der Waals surface area contributed by atoms with Crippen LogP contribution in [0, 0.1) is 0 Å². The van der Waals surface area contributed by atoms with Gasteiger partial charge in [-0.1, -0.05) is 19.1 Å². The molecule has 1 unspecified atom stereocenters. The first kappa shape index (κ1) is 15.0. The van der Waals surface area contributed by atoms with Crippen molar-refractivity contribution in [1.82, 2.24) is 5.32 Å². The summed E-state index contributed by atoms with van der Waals surface area (Å²) < 4.78 is 10.6. The lowest BCUT2D eigenvalue weighted by Crippen LogP contribution is -2.17. The van der Waals surface area contributed by atoms with Gasteiger partial charge in [0.05, 0.1) is 19.8 Å². The number of aliphatic hydroxyl groups is 1. The standard InChI is InChI=1S/C14H23NO3/c1-3-15-12(2)13-4-6-14(7-5-13)18-11-10-17-9-8-16/h4-7,12,15-16H,3,8-11H2,1-2H3. The van der Waals surface area contributed by atoms with Crippen LogP contribution in [0.5, 0.6) is 5.75 Å². The number of ether oxygens (including phenoxy) is 2. The molecule has 1 aromatic carbocycles. The van der Waals surface area contributed by atoms with Crippen molar-refractivity contribution in [2.45, 2.75) is 19.9 Å². The number of hydrogen-bond donors (Lipinski definition) is 2. The number of rotatable bonds is 9. The first-order valence-electron chi connectivity index (χ1n) is 6.42. The van der Waals surface area contributed by atoms with Gasteiger partial charge in [-0.15, -0.1) is 0 Å². The Kier molecular flexibility index (Phi) is 7.41. The van der Waals surface area contributed by atoms with Gasteiger partial charge in [-0.05, 0) is 31.2 Å². The quantitative estimate of drug-likeness (QED) is 0.658. The van der Waals surface area contributed by atoms with Gasteiger partial charge in [0, 0.05) is 6.04 Å². The van der Waals surface area contributed by atoms with Gasteiger partial charge in [-0.3, -0.25) is 0 Å². The SMILES string of the molecule is CCNC(C)c1ccc(OCCOCCO)cc1. The molecule has 1 rings (SSSR count). The molecule has 0 bridgehead atoms. The van der Waals surface area contributed by atoms with Gasteiger partial charge in [0.15, 0.2) is 0 Å². The van der Waals surface area contributed by atoms with Crippen LogP contribution in [0.2, 0.25) is 0 Å². The first-order chi connectivity index (χ1) is 8.77. The van der Waals surface area contributed by atoms with Crippen LogP contribution in [0.1, 0.15) is 25.5 Å². The molecule has 1 atom stereocenters. The lowest BCUT2D eigenvalue weighted by atomic mass is 10.1. The molecule has 0 spiro atoms. The molecule has 102 valence electrons. The summed E-state index contributed by atoms with van der Waals surface area (Å²) in [5.74, 6) is 0.843. The summed E-state index contributed by atoms with van der Waals surface area (Å²) in [4.78, 5) is 0. The molecule has 18 heavy (non-hydrogen) atoms. The number of aliphatic hydroxyl groups excluding tert-OH is 1. The van der Waals surface area contributed by atoms with Crippen LogP contribution in [0.25, 0.3) is 0 Å². The van der Waals surface area contributed by atoms with Gasteiger partial charge in [0.1, 0.15) is 12.4 Å². The molecule has 4 heteroatoms. The highest BCUT2D eigenvalue weighted by molar-refractivity contribution is 5.28. The average molecular weight is 253 g/mol. The molecule has 0 saturated heterocycles. The van der Waals surface area contributed by atoms with Gasteiger partial charge >= 0.3 is 0 Å². The Balaban J connectivity index is 2.31. The predicted octanol–water partition coefficient (Wildman–Crippen LogP) is 1.74. The third-order valence-corrected chi connectivity index (χ3v) is 2.62. The van der Waals surface area contributed by atoms with Crippen molar-refractivity contribution in [2.75, 3.05) is 33.0 Å². The highest BCUT2D eigenvalue weighted by Gasteiger charge is 2.03. The van der Waals surface area contributed by atoms with E-state index in [1.807, 2.05) is 12.1 Å². The Morgan fingerprint density at radius 3 is 2.50 bits per heavy atom. The summed E-state index contributed by atoms with van der Waals surface area (Å²) in [6.45, 7) is 6.61. The minimum atomic E-state index is 0.0526. The summed E-state index contributed by atoms with van der Waals surface area (Å²) in [6.07, 6.45) is 0. The Labute approximate surface area is 109 Å². The zero-order valence-electron chi connectivity index (χ0n) is 11.2. The van der Waals surface area contributed by atoms with Crippen molar-refractivity contribution in [2.24, 2.45) is 0 Å². The van der Waals surface area contributed by atoms with Crippen LogP contribution in [-0.2, 0) is 4.74 Å². The highest BCUT2D eigenvalue weighted by Crippen LogP contribution is 2.17. The number of benzene rings is 1. The maximum atomic E-state index is 8.54. The van der Waals surface area contributed by atoms with Crippen molar-refractivity contribution in [1.29, 1.82) is 0 Å². The minimum absolute atomic E-state index is 0.0526. The van der Waals surface area contributed by atoms with E-state index in [-0.39, 0.29) is 6.61 Å². The van der Waals surface area contributed by atoms with Crippen molar-refractivity contribution in [3.8, 4) is 5.75 Å². The van der Waals surface area contributed by atoms with Crippen molar-refractivity contribution in [3.63, 3.8) is 0 Å². The lowest BCUT2D eigenvalue weighted by Gasteiger charge is -2.13. The fourth-order valence-corrected chi connectivity index (χ4v) is 1.66. The minimum Gasteiger partial charge on any atom is -0.491 e. The molecular formula is C14H23NO3. The molecule has 0 fully saturated rings. The molecule has 0 aromatic heterocycles. The number of hydrogen-bond acceptors (Lipinski definition) is 4. The first-order valence-corrected chi connectivity index (χ1v) is 6.42. The van der Waals surface area contributed by atoms with E-state index in [0.29, 0.717) is 25.9 Å². The largest absolute Gasteiger partial charge is 0.491 e. The zero-order chi connectivity index (χ0) is 13.2. The Morgan fingerprint density at radius 2 is 1.89 bits per heavy atom. The van der Waals surface area contributed by atoms with Gasteiger partial charge < -0.3 is 19.9 Å². The van der Waals surface area contributed by atoms with Gasteiger partial charge in [-0.2, -0.15) is 0 Å². The summed E-state index contributed by atoms with van der Waals surface area (Å²) in [6, 6.07) is 8.43. The highest BCUT2D eigenvalue weighted by atomic mass is 16.5. The van der Waals surface area contributed by atoms with E-state index in [4.69, 9.17) is 14.6 Å². The van der Waals surface area contributed by atoms with E-state index < -0.39 is 0 Å². The topological polar surface area (TPSA) is 50.7 Å². The van der Waals surface area contributed by atoms with Crippen LogP contribution < -0.4 is 10.1 Å². The van der Waals surface area contributed by atoms with Crippen LogP contribution in [0.15, 0.2) is 24.3 Å². The fraction of sp³-hybridized carbons (Fsp3) is 0.571. The van der Waals surface area contributed by atoms with Crippen LogP contribution in [0.4, 0.5) is 0 Å². The van der Waals surface area contributed by atoms with E-state index in [0.717, 1.165) is 12.3 Å². The maximum Gasteiger partial charge on any atom is 0.119 e. The summed E-state index contributed by atoms with van der Waals surface area (Å²) >= 11 is 0. The Bertz CT molecular complexity index is 313. The molecule has 4 nitrogen and oxygen atoms in total. The van der Waals surface area contributed by atoms with E-state index in [2.05, 4.69) is 31.3 Å². The lowest BCUT2D eigenvalue weighted by molar-refractivity contribution is 0.0705. The third kappa shape index (κ3) is 5.49. The monoisotopic (exact) mass is 253 g/mol. The van der Waals surface area contributed by atoms with Gasteiger partial charge in [-0.25, -0.2) is 0 Å². The maximum absolute atomic E-state index is 8.54. The summed E-state index contributed by atoms with van der Waals surface area (Å²) in [5, 5.41) is 11.9. The fourth-order valence-electron chi connectivity index (χ4n) is 1.66. The second-order valence-electron chi connectivity index (χ2n) is 4.03. The van der Waals surface area contributed by atoms with Gasteiger partial charge in [0.2, 0.25) is 0 Å². The molecule has 0 amide bonds. The van der Waals surface area contributed by atoms with E-state index in [9.17, 15) is 0 Å². The summed E-state index contributed by atoms with van der Waals surface area (Å²) in [7, 11) is 0. The Morgan fingerprint density at radius 1 is 1.17 bits per heavy atom. The Hall–Kier alpha value is -1.10. The number of nitrogens with one attached hydrogen (secondary N) is 1. The van der Waals surface area contributed by atoms with Crippen molar-refractivity contribution < 1.29 is 14.6 Å². The van der Waals surface area contributed by atoms with Crippen molar-refractivity contribution in [3.05, 3.63) is 29.8 Å². The van der Waals surface area contributed by atoms with E-state index in [1.54, 1.807) is 0 Å². The van der Waals surface area contributed by atoms with E-state index >= 15 is 0 Å². The summed E-state index contributed by atoms with van der Waals surface area (Å²) in [5.41, 5.74) is 1.25. The zero-order valence-corrected chi connectivity index (χ0v) is 11.2. The van der Waals surface area contributed by atoms with Crippen LogP contribution >= 0.6 is 0 Å².